The van der Waals surface area contributed by atoms with Crippen molar-refractivity contribution < 1.29 is 9.53 Å². The van der Waals surface area contributed by atoms with E-state index >= 15 is 0 Å². The highest BCUT2D eigenvalue weighted by Gasteiger charge is 2.27. The molecule has 1 aromatic carbocycles. The van der Waals surface area contributed by atoms with Gasteiger partial charge in [-0.2, -0.15) is 5.26 Å². The maximum atomic E-state index is 12.2. The van der Waals surface area contributed by atoms with Gasteiger partial charge in [-0.15, -0.1) is 0 Å². The van der Waals surface area contributed by atoms with Gasteiger partial charge in [0, 0.05) is 11.6 Å². The molecule has 1 N–H and O–H groups in total. The molecule has 0 fully saturated rings. The van der Waals surface area contributed by atoms with Crippen LogP contribution in [-0.4, -0.2) is 18.6 Å². The number of para-hydroxylation sites is 1. The monoisotopic (exact) mass is 244 g/mol. The van der Waals surface area contributed by atoms with E-state index in [1.165, 1.54) is 0 Å². The highest BCUT2D eigenvalue weighted by molar-refractivity contribution is 5.85. The molecule has 1 heterocycles. The smallest absolute Gasteiger partial charge is 0.228 e. The van der Waals surface area contributed by atoms with Crippen molar-refractivity contribution in [2.24, 2.45) is 0 Å². The normalized spacial score (nSPS) is 19.0. The number of fused-ring (bicyclic) bond motifs is 1. The van der Waals surface area contributed by atoms with Crippen molar-refractivity contribution in [3.8, 4) is 11.8 Å². The Bertz CT molecular complexity index is 479. The van der Waals surface area contributed by atoms with E-state index in [0.29, 0.717) is 19.4 Å². The lowest BCUT2D eigenvalue weighted by Crippen LogP contribution is -2.37. The maximum Gasteiger partial charge on any atom is 0.228 e. The van der Waals surface area contributed by atoms with Gasteiger partial charge in [0.15, 0.2) is 0 Å². The van der Waals surface area contributed by atoms with Crippen molar-refractivity contribution in [1.82, 2.24) is 5.32 Å². The summed E-state index contributed by atoms with van der Waals surface area (Å²) in [5, 5.41) is 11.5. The minimum absolute atomic E-state index is 0.0199. The molecule has 2 rings (SSSR count). The number of nitrogens with zero attached hydrogens (tertiary/aromatic N) is 1. The third kappa shape index (κ3) is 2.62. The Morgan fingerprint density at radius 3 is 3.17 bits per heavy atom. The van der Waals surface area contributed by atoms with Gasteiger partial charge in [-0.1, -0.05) is 18.2 Å². The van der Waals surface area contributed by atoms with Crippen LogP contribution >= 0.6 is 0 Å². The number of carbonyl (C=O) groups is 1. The van der Waals surface area contributed by atoms with Crippen LogP contribution in [0.4, 0.5) is 0 Å². The average molecular weight is 244 g/mol. The summed E-state index contributed by atoms with van der Waals surface area (Å²) in [5.74, 6) is 0.599. The molecule has 0 aromatic heterocycles. The zero-order valence-corrected chi connectivity index (χ0v) is 10.3. The van der Waals surface area contributed by atoms with E-state index in [1.807, 2.05) is 31.2 Å². The van der Waals surface area contributed by atoms with Crippen LogP contribution < -0.4 is 10.1 Å². The molecule has 2 unspecified atom stereocenters. The Morgan fingerprint density at radius 1 is 1.61 bits per heavy atom. The Kier molecular flexibility index (Phi) is 3.83. The summed E-state index contributed by atoms with van der Waals surface area (Å²) in [5.41, 5.74) is 0.936. The van der Waals surface area contributed by atoms with Crippen molar-refractivity contribution in [3.63, 3.8) is 0 Å². The molecule has 0 spiro atoms. The van der Waals surface area contributed by atoms with Crippen LogP contribution in [0.15, 0.2) is 24.3 Å². The summed E-state index contributed by atoms with van der Waals surface area (Å²) < 4.78 is 5.52. The lowest BCUT2D eigenvalue weighted by Gasteiger charge is -2.26. The molecule has 0 saturated heterocycles. The van der Waals surface area contributed by atoms with Gasteiger partial charge in [0.05, 0.1) is 25.0 Å². The summed E-state index contributed by atoms with van der Waals surface area (Å²) in [6, 6.07) is 9.56. The first-order chi connectivity index (χ1) is 8.72. The molecule has 0 aliphatic carbocycles. The van der Waals surface area contributed by atoms with Gasteiger partial charge in [-0.25, -0.2) is 0 Å². The Labute approximate surface area is 107 Å². The van der Waals surface area contributed by atoms with Crippen molar-refractivity contribution in [2.45, 2.75) is 31.7 Å². The number of benzene rings is 1. The molecule has 0 bridgehead atoms. The first-order valence-electron chi connectivity index (χ1n) is 6.11. The molecular weight excluding hydrogens is 228 g/mol. The Balaban J connectivity index is 2.11. The first kappa shape index (κ1) is 12.4. The van der Waals surface area contributed by atoms with Gasteiger partial charge in [0.25, 0.3) is 0 Å². The number of nitrogens with one attached hydrogen (secondary N) is 1. The zero-order chi connectivity index (χ0) is 13.0. The van der Waals surface area contributed by atoms with E-state index < -0.39 is 0 Å². The zero-order valence-electron chi connectivity index (χ0n) is 10.3. The summed E-state index contributed by atoms with van der Waals surface area (Å²) in [4.78, 5) is 12.2. The highest BCUT2D eigenvalue weighted by atomic mass is 16.5. The number of amides is 1. The molecular formula is C14H16N2O2. The second kappa shape index (κ2) is 5.54. The molecule has 2 atom stereocenters. The van der Waals surface area contributed by atoms with Crippen LogP contribution in [0.5, 0.6) is 5.75 Å². The topological polar surface area (TPSA) is 62.1 Å². The lowest BCUT2D eigenvalue weighted by atomic mass is 9.92. The fourth-order valence-corrected chi connectivity index (χ4v) is 2.15. The standard InChI is InChI=1S/C14H16N2O2/c1-10(6-8-15)16-14(17)12-7-9-18-13-5-3-2-4-11(12)13/h2-5,10,12H,6-7,9H2,1H3,(H,16,17). The highest BCUT2D eigenvalue weighted by Crippen LogP contribution is 2.33. The van der Waals surface area contributed by atoms with E-state index in [1.54, 1.807) is 0 Å². The maximum absolute atomic E-state index is 12.2. The summed E-state index contributed by atoms with van der Waals surface area (Å²) in [6.07, 6.45) is 1.01. The fourth-order valence-electron chi connectivity index (χ4n) is 2.15. The van der Waals surface area contributed by atoms with Crippen LogP contribution in [0.3, 0.4) is 0 Å². The van der Waals surface area contributed by atoms with Gasteiger partial charge in [-0.05, 0) is 19.4 Å². The molecule has 18 heavy (non-hydrogen) atoms. The number of hydrogen-bond acceptors (Lipinski definition) is 3. The molecule has 0 saturated carbocycles. The molecule has 1 aliphatic heterocycles. The third-order valence-electron chi connectivity index (χ3n) is 3.06. The van der Waals surface area contributed by atoms with Crippen LogP contribution in [0.25, 0.3) is 0 Å². The molecule has 0 radical (unpaired) electrons. The van der Waals surface area contributed by atoms with E-state index in [2.05, 4.69) is 11.4 Å². The minimum atomic E-state index is -0.170. The largest absolute Gasteiger partial charge is 0.493 e. The van der Waals surface area contributed by atoms with Gasteiger partial charge >= 0.3 is 0 Å². The third-order valence-corrected chi connectivity index (χ3v) is 3.06. The fraction of sp³-hybridized carbons (Fsp3) is 0.429. The van der Waals surface area contributed by atoms with Crippen molar-refractivity contribution in [3.05, 3.63) is 29.8 Å². The molecule has 1 amide bonds. The van der Waals surface area contributed by atoms with Crippen molar-refractivity contribution >= 4 is 5.91 Å². The van der Waals surface area contributed by atoms with Crippen LogP contribution in [-0.2, 0) is 4.79 Å². The second-order valence-corrected chi connectivity index (χ2v) is 4.50. The molecule has 1 aromatic rings. The number of rotatable bonds is 3. The lowest BCUT2D eigenvalue weighted by molar-refractivity contribution is -0.123. The molecule has 94 valence electrons. The van der Waals surface area contributed by atoms with Crippen LogP contribution in [0, 0.1) is 11.3 Å². The van der Waals surface area contributed by atoms with Crippen LogP contribution in [0.1, 0.15) is 31.2 Å². The molecule has 1 aliphatic rings. The predicted molar refractivity (Wildman–Crippen MR) is 67.1 cm³/mol. The SMILES string of the molecule is CC(CC#N)NC(=O)C1CCOc2ccccc21. The van der Waals surface area contributed by atoms with Crippen molar-refractivity contribution in [1.29, 1.82) is 5.26 Å². The number of hydrogen-bond donors (Lipinski definition) is 1. The van der Waals surface area contributed by atoms with Gasteiger partial charge in [0.1, 0.15) is 5.75 Å². The summed E-state index contributed by atoms with van der Waals surface area (Å²) in [6.45, 7) is 2.40. The van der Waals surface area contributed by atoms with Crippen molar-refractivity contribution in [2.75, 3.05) is 6.61 Å². The molecule has 4 heteroatoms. The summed E-state index contributed by atoms with van der Waals surface area (Å²) in [7, 11) is 0. The Hall–Kier alpha value is -2.02. The van der Waals surface area contributed by atoms with E-state index in [0.717, 1.165) is 11.3 Å². The number of carbonyl (C=O) groups excluding carboxylic acids is 1. The average Bonchev–Trinajstić information content (AvgIpc) is 2.38. The van der Waals surface area contributed by atoms with E-state index in [9.17, 15) is 4.79 Å². The Morgan fingerprint density at radius 2 is 2.39 bits per heavy atom. The van der Waals surface area contributed by atoms with Crippen LogP contribution in [0.2, 0.25) is 0 Å². The van der Waals surface area contributed by atoms with Gasteiger partial charge in [0.2, 0.25) is 5.91 Å². The summed E-state index contributed by atoms with van der Waals surface area (Å²) >= 11 is 0. The number of nitriles is 1. The number of ether oxygens (including phenoxy) is 1. The minimum Gasteiger partial charge on any atom is -0.493 e. The van der Waals surface area contributed by atoms with Gasteiger partial charge < -0.3 is 10.1 Å². The second-order valence-electron chi connectivity index (χ2n) is 4.50. The van der Waals surface area contributed by atoms with E-state index in [-0.39, 0.29) is 17.9 Å². The predicted octanol–water partition coefficient (Wildman–Crippen LogP) is 1.97. The quantitative estimate of drug-likeness (QED) is 0.884. The van der Waals surface area contributed by atoms with E-state index in [4.69, 9.17) is 10.00 Å². The molecule has 4 nitrogen and oxygen atoms in total. The van der Waals surface area contributed by atoms with Gasteiger partial charge in [-0.3, -0.25) is 4.79 Å². The first-order valence-corrected chi connectivity index (χ1v) is 6.11.